The van der Waals surface area contributed by atoms with E-state index in [0.29, 0.717) is 45.4 Å². The third kappa shape index (κ3) is 5.70. The number of aryl methyl sites for hydroxylation is 1. The van der Waals surface area contributed by atoms with Crippen molar-refractivity contribution in [1.29, 1.82) is 5.41 Å². The lowest BCUT2D eigenvalue weighted by atomic mass is 10.2. The number of methoxy groups -OCH3 is 2. The van der Waals surface area contributed by atoms with Gasteiger partial charge in [0, 0.05) is 36.2 Å². The van der Waals surface area contributed by atoms with Gasteiger partial charge in [-0.15, -0.1) is 0 Å². The first-order valence-electron chi connectivity index (χ1n) is 10.9. The molecule has 1 amide bonds. The summed E-state index contributed by atoms with van der Waals surface area (Å²) in [5.74, 6) is 1.12. The standard InChI is InChI=1S/C25H23N7O5/c1-14-24(29-9-8-27-14)31-13-18(33)23(26)25(34)32-22-5-4-15(12-30-22)37-19-6-7-28-17-11-21(36-3)20(35-2)10-16(17)19/h4-13,26,33H,1-3H3,(H,29,31)(H,30,32,34)/b18-13+,26-23?. The average molecular weight is 502 g/mol. The number of ether oxygens (including phenoxy) is 3. The first-order chi connectivity index (χ1) is 17.9. The first kappa shape index (κ1) is 24.9. The van der Waals surface area contributed by atoms with Gasteiger partial charge in [-0.05, 0) is 31.2 Å². The molecule has 0 aliphatic carbocycles. The Morgan fingerprint density at radius 2 is 1.73 bits per heavy atom. The molecule has 12 nitrogen and oxygen atoms in total. The van der Waals surface area contributed by atoms with Crippen LogP contribution in [0, 0.1) is 12.3 Å². The van der Waals surface area contributed by atoms with Crippen LogP contribution < -0.4 is 24.8 Å². The fourth-order valence-corrected chi connectivity index (χ4v) is 3.23. The highest BCUT2D eigenvalue weighted by atomic mass is 16.5. The molecule has 3 aromatic heterocycles. The molecule has 0 radical (unpaired) electrons. The molecule has 0 aliphatic rings. The molecule has 188 valence electrons. The lowest BCUT2D eigenvalue weighted by Gasteiger charge is -2.12. The average Bonchev–Trinajstić information content (AvgIpc) is 2.92. The summed E-state index contributed by atoms with van der Waals surface area (Å²) in [4.78, 5) is 29.0. The van der Waals surface area contributed by atoms with Crippen LogP contribution in [0.5, 0.6) is 23.0 Å². The Morgan fingerprint density at radius 3 is 2.43 bits per heavy atom. The van der Waals surface area contributed by atoms with E-state index in [4.69, 9.17) is 19.6 Å². The summed E-state index contributed by atoms with van der Waals surface area (Å²) in [6, 6.07) is 8.34. The molecule has 0 atom stereocenters. The van der Waals surface area contributed by atoms with Crippen LogP contribution in [0.1, 0.15) is 5.69 Å². The number of benzene rings is 1. The van der Waals surface area contributed by atoms with Gasteiger partial charge >= 0.3 is 0 Å². The molecule has 37 heavy (non-hydrogen) atoms. The van der Waals surface area contributed by atoms with Crippen LogP contribution in [-0.4, -0.2) is 50.9 Å². The number of aliphatic hydroxyl groups is 1. The number of aromatic nitrogens is 4. The van der Waals surface area contributed by atoms with Crippen LogP contribution in [0.15, 0.2) is 67.1 Å². The number of rotatable bonds is 9. The molecule has 3 heterocycles. The number of nitrogens with one attached hydrogen (secondary N) is 3. The quantitative estimate of drug-likeness (QED) is 0.194. The molecular formula is C25H23N7O5. The Kier molecular flexibility index (Phi) is 7.38. The molecule has 0 unspecified atom stereocenters. The molecule has 4 rings (SSSR count). The highest BCUT2D eigenvalue weighted by Gasteiger charge is 2.16. The smallest absolute Gasteiger partial charge is 0.278 e. The number of fused-ring (bicyclic) bond motifs is 1. The van der Waals surface area contributed by atoms with Gasteiger partial charge in [-0.2, -0.15) is 0 Å². The van der Waals surface area contributed by atoms with E-state index in [1.807, 2.05) is 0 Å². The van der Waals surface area contributed by atoms with Crippen LogP contribution in [0.4, 0.5) is 11.6 Å². The maximum absolute atomic E-state index is 12.4. The monoisotopic (exact) mass is 501 g/mol. The van der Waals surface area contributed by atoms with E-state index in [1.54, 1.807) is 51.6 Å². The predicted molar refractivity (Wildman–Crippen MR) is 137 cm³/mol. The van der Waals surface area contributed by atoms with Crippen molar-refractivity contribution in [2.24, 2.45) is 0 Å². The van der Waals surface area contributed by atoms with E-state index in [0.717, 1.165) is 6.20 Å². The summed E-state index contributed by atoms with van der Waals surface area (Å²) in [5.41, 5.74) is 0.582. The number of anilines is 2. The Balaban J connectivity index is 1.43. The molecule has 0 bridgehead atoms. The van der Waals surface area contributed by atoms with E-state index in [2.05, 4.69) is 30.6 Å². The number of amides is 1. The maximum Gasteiger partial charge on any atom is 0.278 e. The zero-order valence-corrected chi connectivity index (χ0v) is 20.1. The number of aliphatic hydroxyl groups excluding tert-OH is 1. The van der Waals surface area contributed by atoms with Crippen molar-refractivity contribution in [2.45, 2.75) is 6.92 Å². The Labute approximate surface area is 211 Å². The number of pyridine rings is 2. The molecule has 0 saturated carbocycles. The second-order valence-corrected chi connectivity index (χ2v) is 7.51. The Bertz CT molecular complexity index is 1490. The summed E-state index contributed by atoms with van der Waals surface area (Å²) in [6.45, 7) is 1.72. The minimum Gasteiger partial charge on any atom is -0.504 e. The number of hydrogen-bond donors (Lipinski definition) is 4. The van der Waals surface area contributed by atoms with Crippen LogP contribution in [0.25, 0.3) is 10.9 Å². The van der Waals surface area contributed by atoms with E-state index in [-0.39, 0.29) is 5.82 Å². The third-order valence-electron chi connectivity index (χ3n) is 5.12. The molecule has 0 saturated heterocycles. The number of nitrogens with zero attached hydrogens (tertiary/aromatic N) is 4. The predicted octanol–water partition coefficient (Wildman–Crippen LogP) is 4.01. The zero-order chi connectivity index (χ0) is 26.4. The summed E-state index contributed by atoms with van der Waals surface area (Å²) < 4.78 is 16.7. The van der Waals surface area contributed by atoms with Gasteiger partial charge in [0.1, 0.15) is 17.3 Å². The first-order valence-corrected chi connectivity index (χ1v) is 10.9. The minimum atomic E-state index is -0.853. The lowest BCUT2D eigenvalue weighted by Crippen LogP contribution is -2.24. The van der Waals surface area contributed by atoms with Gasteiger partial charge in [0.15, 0.2) is 28.8 Å². The van der Waals surface area contributed by atoms with Crippen molar-refractivity contribution < 1.29 is 24.1 Å². The van der Waals surface area contributed by atoms with Crippen molar-refractivity contribution in [3.8, 4) is 23.0 Å². The van der Waals surface area contributed by atoms with Gasteiger partial charge in [0.2, 0.25) is 0 Å². The largest absolute Gasteiger partial charge is 0.504 e. The van der Waals surface area contributed by atoms with Crippen molar-refractivity contribution in [2.75, 3.05) is 24.9 Å². The number of carbonyl (C=O) groups excluding carboxylic acids is 1. The molecule has 0 fully saturated rings. The highest BCUT2D eigenvalue weighted by Crippen LogP contribution is 2.36. The van der Waals surface area contributed by atoms with Crippen LogP contribution in [0.3, 0.4) is 0 Å². The fraction of sp³-hybridized carbons (Fsp3) is 0.120. The van der Waals surface area contributed by atoms with E-state index < -0.39 is 17.4 Å². The highest BCUT2D eigenvalue weighted by molar-refractivity contribution is 6.46. The van der Waals surface area contributed by atoms with Crippen LogP contribution in [0.2, 0.25) is 0 Å². The summed E-state index contributed by atoms with van der Waals surface area (Å²) in [5, 5.41) is 23.9. The summed E-state index contributed by atoms with van der Waals surface area (Å²) in [7, 11) is 3.09. The van der Waals surface area contributed by atoms with E-state index in [9.17, 15) is 9.90 Å². The Morgan fingerprint density at radius 1 is 0.973 bits per heavy atom. The molecule has 0 spiro atoms. The molecular weight excluding hydrogens is 478 g/mol. The summed E-state index contributed by atoms with van der Waals surface area (Å²) in [6.07, 6.45) is 7.12. The fourth-order valence-electron chi connectivity index (χ4n) is 3.23. The van der Waals surface area contributed by atoms with Gasteiger partial charge in [-0.25, -0.2) is 9.97 Å². The normalized spacial score (nSPS) is 11.1. The third-order valence-corrected chi connectivity index (χ3v) is 5.12. The van der Waals surface area contributed by atoms with Gasteiger partial charge in [0.05, 0.1) is 31.6 Å². The second-order valence-electron chi connectivity index (χ2n) is 7.51. The number of hydrogen-bond acceptors (Lipinski definition) is 11. The van der Waals surface area contributed by atoms with Gasteiger partial charge in [-0.1, -0.05) is 0 Å². The molecule has 1 aromatic carbocycles. The molecule has 4 N–H and O–H groups in total. The molecule has 12 heteroatoms. The molecule has 0 aliphatic heterocycles. The Hall–Kier alpha value is -5.26. The molecule has 4 aromatic rings. The van der Waals surface area contributed by atoms with Crippen molar-refractivity contribution in [1.82, 2.24) is 19.9 Å². The van der Waals surface area contributed by atoms with Gasteiger partial charge < -0.3 is 30.0 Å². The lowest BCUT2D eigenvalue weighted by molar-refractivity contribution is -0.110. The van der Waals surface area contributed by atoms with E-state index in [1.165, 1.54) is 24.7 Å². The topological polar surface area (TPSA) is 164 Å². The second kappa shape index (κ2) is 11.0. The van der Waals surface area contributed by atoms with Gasteiger partial charge in [0.25, 0.3) is 5.91 Å². The zero-order valence-electron chi connectivity index (χ0n) is 20.1. The van der Waals surface area contributed by atoms with Crippen molar-refractivity contribution >= 4 is 34.2 Å². The summed E-state index contributed by atoms with van der Waals surface area (Å²) >= 11 is 0. The van der Waals surface area contributed by atoms with Gasteiger partial charge in [-0.3, -0.25) is 20.2 Å². The van der Waals surface area contributed by atoms with Crippen LogP contribution in [-0.2, 0) is 4.79 Å². The maximum atomic E-state index is 12.4. The van der Waals surface area contributed by atoms with Crippen molar-refractivity contribution in [3.63, 3.8) is 0 Å². The number of carbonyl (C=O) groups is 1. The minimum absolute atomic E-state index is 0.165. The van der Waals surface area contributed by atoms with Crippen molar-refractivity contribution in [3.05, 3.63) is 72.8 Å². The SMILES string of the molecule is COc1cc2nccc(Oc3ccc(NC(=O)C(=N)/C(O)=C\Nc4nccnc4C)nc3)c2cc1OC. The van der Waals surface area contributed by atoms with E-state index >= 15 is 0 Å². The van der Waals surface area contributed by atoms with Crippen LogP contribution >= 0.6 is 0 Å².